The summed E-state index contributed by atoms with van der Waals surface area (Å²) >= 11 is 0. The number of fused-ring (bicyclic) bond motifs is 1. The summed E-state index contributed by atoms with van der Waals surface area (Å²) in [5.41, 5.74) is 0.301. The largest absolute Gasteiger partial charge is 0.454 e. The third kappa shape index (κ3) is 5.50. The van der Waals surface area contributed by atoms with Gasteiger partial charge in [0.15, 0.2) is 11.5 Å². The zero-order chi connectivity index (χ0) is 26.0. The molecule has 1 saturated heterocycles. The molecule has 5 rings (SSSR count). The van der Waals surface area contributed by atoms with Crippen molar-refractivity contribution in [1.29, 1.82) is 0 Å². The van der Waals surface area contributed by atoms with E-state index in [-0.39, 0.29) is 30.7 Å². The van der Waals surface area contributed by atoms with Gasteiger partial charge < -0.3 is 19.7 Å². The van der Waals surface area contributed by atoms with Gasteiger partial charge in [-0.1, -0.05) is 18.2 Å². The van der Waals surface area contributed by atoms with Crippen LogP contribution in [-0.4, -0.2) is 52.8 Å². The number of rotatable bonds is 7. The fourth-order valence-corrected chi connectivity index (χ4v) is 4.36. The quantitative estimate of drug-likeness (QED) is 0.368. The van der Waals surface area contributed by atoms with Crippen LogP contribution in [0.25, 0.3) is 0 Å². The Kier molecular flexibility index (Phi) is 6.70. The summed E-state index contributed by atoms with van der Waals surface area (Å²) in [5, 5.41) is 14.8. The van der Waals surface area contributed by atoms with Crippen LogP contribution in [0.3, 0.4) is 0 Å². The molecule has 3 aromatic rings. The topological polar surface area (TPSA) is 106 Å². The van der Waals surface area contributed by atoms with Gasteiger partial charge in [-0.25, -0.2) is 9.97 Å². The van der Waals surface area contributed by atoms with Crippen molar-refractivity contribution >= 4 is 17.3 Å². The number of nitrogens with one attached hydrogen (secondary N) is 1. The molecule has 1 N–H and O–H groups in total. The molecule has 0 amide bonds. The van der Waals surface area contributed by atoms with Gasteiger partial charge in [-0.15, -0.1) is 0 Å². The number of halogens is 3. The van der Waals surface area contributed by atoms with E-state index < -0.39 is 16.7 Å². The number of nitrogens with zero attached hydrogens (tertiary/aromatic N) is 5. The van der Waals surface area contributed by atoms with Crippen molar-refractivity contribution in [2.75, 3.05) is 43.2 Å². The number of hydrogen-bond donors (Lipinski definition) is 1. The van der Waals surface area contributed by atoms with Crippen molar-refractivity contribution < 1.29 is 27.6 Å². The standard InChI is InChI=1S/C24H23F3N6O4/c25-24(26,27)18-3-1-2-16(10-18)12-28-22-21(33(34)35)23(30-14-29-22)32-8-6-31(7-9-32)13-17-4-5-19-20(11-17)37-15-36-19/h1-5,10-11,14H,6-9,12-13,15H2,(H,28,29,30). The van der Waals surface area contributed by atoms with Crippen molar-refractivity contribution in [3.05, 3.63) is 75.6 Å². The number of ether oxygens (including phenoxy) is 2. The van der Waals surface area contributed by atoms with Gasteiger partial charge in [0, 0.05) is 39.3 Å². The van der Waals surface area contributed by atoms with E-state index in [1.165, 1.54) is 18.5 Å². The van der Waals surface area contributed by atoms with Gasteiger partial charge in [0.05, 0.1) is 10.5 Å². The number of nitro groups is 1. The molecule has 2 aliphatic heterocycles. The maximum absolute atomic E-state index is 13.0. The summed E-state index contributed by atoms with van der Waals surface area (Å²) in [6.07, 6.45) is -3.26. The van der Waals surface area contributed by atoms with Crippen LogP contribution in [-0.2, 0) is 19.3 Å². The molecule has 3 heterocycles. The van der Waals surface area contributed by atoms with Crippen LogP contribution in [0.5, 0.6) is 11.5 Å². The predicted octanol–water partition coefficient (Wildman–Crippen LogP) is 4.07. The van der Waals surface area contributed by atoms with Crippen molar-refractivity contribution in [2.45, 2.75) is 19.3 Å². The summed E-state index contributed by atoms with van der Waals surface area (Å²) in [6, 6.07) is 10.6. The molecule has 0 aliphatic carbocycles. The van der Waals surface area contributed by atoms with Crippen LogP contribution in [0.1, 0.15) is 16.7 Å². The first kappa shape index (κ1) is 24.6. The average Bonchev–Trinajstić information content (AvgIpc) is 3.35. The molecular formula is C24H23F3N6O4. The third-order valence-corrected chi connectivity index (χ3v) is 6.21. The average molecular weight is 516 g/mol. The first-order chi connectivity index (χ1) is 17.8. The molecule has 1 fully saturated rings. The lowest BCUT2D eigenvalue weighted by Crippen LogP contribution is -2.46. The molecule has 2 aliphatic rings. The Labute approximate surface area is 209 Å². The molecule has 0 saturated carbocycles. The van der Waals surface area contributed by atoms with E-state index in [1.807, 2.05) is 23.1 Å². The van der Waals surface area contributed by atoms with Crippen LogP contribution in [0.2, 0.25) is 0 Å². The Morgan fingerprint density at radius 3 is 2.54 bits per heavy atom. The van der Waals surface area contributed by atoms with Crippen molar-refractivity contribution in [3.63, 3.8) is 0 Å². The summed E-state index contributed by atoms with van der Waals surface area (Å²) in [6.45, 7) is 3.17. The summed E-state index contributed by atoms with van der Waals surface area (Å²) < 4.78 is 49.8. The van der Waals surface area contributed by atoms with Gasteiger partial charge >= 0.3 is 11.9 Å². The molecule has 0 spiro atoms. The summed E-state index contributed by atoms with van der Waals surface area (Å²) in [5.74, 6) is 1.57. The highest BCUT2D eigenvalue weighted by atomic mass is 19.4. The lowest BCUT2D eigenvalue weighted by atomic mass is 10.1. The molecule has 0 bridgehead atoms. The molecule has 2 aromatic carbocycles. The van der Waals surface area contributed by atoms with Gasteiger partial charge in [0.1, 0.15) is 6.33 Å². The molecule has 10 nitrogen and oxygen atoms in total. The lowest BCUT2D eigenvalue weighted by molar-refractivity contribution is -0.383. The Bertz CT molecular complexity index is 1300. The lowest BCUT2D eigenvalue weighted by Gasteiger charge is -2.35. The van der Waals surface area contributed by atoms with E-state index in [1.54, 1.807) is 0 Å². The second-order valence-electron chi connectivity index (χ2n) is 8.65. The maximum Gasteiger partial charge on any atom is 0.416 e. The minimum absolute atomic E-state index is 0.0461. The van der Waals surface area contributed by atoms with E-state index in [9.17, 15) is 23.3 Å². The number of alkyl halides is 3. The van der Waals surface area contributed by atoms with Gasteiger partial charge in [-0.3, -0.25) is 15.0 Å². The summed E-state index contributed by atoms with van der Waals surface area (Å²) in [7, 11) is 0. The van der Waals surface area contributed by atoms with Crippen LogP contribution in [0.4, 0.5) is 30.5 Å². The number of benzene rings is 2. The number of aromatic nitrogens is 2. The van der Waals surface area contributed by atoms with Gasteiger partial charge in [-0.05, 0) is 35.4 Å². The minimum Gasteiger partial charge on any atom is -0.454 e. The molecule has 1 aromatic heterocycles. The molecule has 194 valence electrons. The van der Waals surface area contributed by atoms with E-state index >= 15 is 0 Å². The molecule has 0 radical (unpaired) electrons. The zero-order valence-electron chi connectivity index (χ0n) is 19.6. The number of hydrogen-bond acceptors (Lipinski definition) is 9. The number of anilines is 2. The molecule has 37 heavy (non-hydrogen) atoms. The van der Waals surface area contributed by atoms with Crippen molar-refractivity contribution in [3.8, 4) is 11.5 Å². The van der Waals surface area contributed by atoms with Crippen LogP contribution < -0.4 is 19.7 Å². The molecule has 0 unspecified atom stereocenters. The fourth-order valence-electron chi connectivity index (χ4n) is 4.36. The second kappa shape index (κ2) is 10.1. The molecule has 0 atom stereocenters. The van der Waals surface area contributed by atoms with E-state index in [4.69, 9.17) is 9.47 Å². The van der Waals surface area contributed by atoms with Gasteiger partial charge in [0.2, 0.25) is 18.4 Å². The predicted molar refractivity (Wildman–Crippen MR) is 128 cm³/mol. The highest BCUT2D eigenvalue weighted by Crippen LogP contribution is 2.35. The van der Waals surface area contributed by atoms with E-state index in [0.29, 0.717) is 38.3 Å². The fraction of sp³-hybridized carbons (Fsp3) is 0.333. The normalized spacial score (nSPS) is 15.6. The summed E-state index contributed by atoms with van der Waals surface area (Å²) in [4.78, 5) is 23.6. The van der Waals surface area contributed by atoms with Crippen LogP contribution in [0, 0.1) is 10.1 Å². The Balaban J connectivity index is 1.26. The number of piperazine rings is 1. The van der Waals surface area contributed by atoms with Gasteiger partial charge in [0.25, 0.3) is 0 Å². The highest BCUT2D eigenvalue weighted by molar-refractivity contribution is 5.70. The van der Waals surface area contributed by atoms with Gasteiger partial charge in [-0.2, -0.15) is 13.2 Å². The SMILES string of the molecule is O=[N+]([O-])c1c(NCc2cccc(C(F)(F)F)c2)ncnc1N1CCN(Cc2ccc3c(c2)OCO3)CC1. The van der Waals surface area contributed by atoms with Crippen molar-refractivity contribution in [1.82, 2.24) is 14.9 Å². The molecule has 13 heteroatoms. The Morgan fingerprint density at radius 1 is 1.00 bits per heavy atom. The second-order valence-corrected chi connectivity index (χ2v) is 8.65. The Morgan fingerprint density at radius 2 is 1.78 bits per heavy atom. The first-order valence-electron chi connectivity index (χ1n) is 11.5. The zero-order valence-corrected chi connectivity index (χ0v) is 19.6. The van der Waals surface area contributed by atoms with Crippen LogP contribution in [0.15, 0.2) is 48.8 Å². The molecular weight excluding hydrogens is 493 g/mol. The van der Waals surface area contributed by atoms with Crippen LogP contribution >= 0.6 is 0 Å². The smallest absolute Gasteiger partial charge is 0.416 e. The monoisotopic (exact) mass is 516 g/mol. The minimum atomic E-state index is -4.48. The third-order valence-electron chi connectivity index (χ3n) is 6.21. The highest BCUT2D eigenvalue weighted by Gasteiger charge is 2.31. The Hall–Kier alpha value is -4.13. The van der Waals surface area contributed by atoms with E-state index in [2.05, 4.69) is 20.2 Å². The first-order valence-corrected chi connectivity index (χ1v) is 11.5. The van der Waals surface area contributed by atoms with E-state index in [0.717, 1.165) is 29.2 Å². The van der Waals surface area contributed by atoms with Crippen molar-refractivity contribution in [2.24, 2.45) is 0 Å². The maximum atomic E-state index is 13.0.